The lowest BCUT2D eigenvalue weighted by molar-refractivity contribution is 0.261. The molecule has 168 valence electrons. The van der Waals surface area contributed by atoms with Gasteiger partial charge in [-0.3, -0.25) is 4.79 Å². The zero-order chi connectivity index (χ0) is 23.9. The number of fused-ring (bicyclic) bond motifs is 1. The summed E-state index contributed by atoms with van der Waals surface area (Å²) in [7, 11) is 0. The summed E-state index contributed by atoms with van der Waals surface area (Å²) in [4.78, 5) is 32.0. The van der Waals surface area contributed by atoms with Gasteiger partial charge in [0, 0.05) is 23.6 Å². The summed E-state index contributed by atoms with van der Waals surface area (Å²) in [6.45, 7) is 0. The third kappa shape index (κ3) is 3.79. The third-order valence-corrected chi connectivity index (χ3v) is 4.56. The van der Waals surface area contributed by atoms with Crippen LogP contribution in [0.4, 0.5) is 43.9 Å². The predicted molar refractivity (Wildman–Crippen MR) is 108 cm³/mol. The van der Waals surface area contributed by atoms with Crippen molar-refractivity contribution in [2.75, 3.05) is 16.4 Å². The van der Waals surface area contributed by atoms with Crippen LogP contribution in [0.3, 0.4) is 0 Å². The summed E-state index contributed by atoms with van der Waals surface area (Å²) in [5.74, 6) is -11.1. The average Bonchev–Trinajstić information content (AvgIpc) is 2.80. The molecule has 4 aromatic rings. The molecule has 0 bridgehead atoms. The number of carbonyl (C=O) groups is 1. The number of urea groups is 1. The highest BCUT2D eigenvalue weighted by Crippen LogP contribution is 2.27. The Labute approximate surface area is 180 Å². The molecule has 4 rings (SSSR count). The molecular formula is C20H11F5N6O2. The molecule has 0 radical (unpaired) electrons. The zero-order valence-electron chi connectivity index (χ0n) is 16.2. The first-order valence-corrected chi connectivity index (χ1v) is 9.00. The van der Waals surface area contributed by atoms with Crippen LogP contribution >= 0.6 is 0 Å². The lowest BCUT2D eigenvalue weighted by Crippen LogP contribution is -2.22. The van der Waals surface area contributed by atoms with Gasteiger partial charge in [0.1, 0.15) is 23.2 Å². The number of amides is 2. The Morgan fingerprint density at radius 3 is 2.09 bits per heavy atom. The van der Waals surface area contributed by atoms with E-state index in [1.807, 2.05) is 0 Å². The van der Waals surface area contributed by atoms with Crippen LogP contribution in [0.1, 0.15) is 0 Å². The summed E-state index contributed by atoms with van der Waals surface area (Å²) in [6.07, 6.45) is 2.64. The average molecular weight is 462 g/mol. The maximum absolute atomic E-state index is 13.7. The minimum absolute atomic E-state index is 0.00226. The number of hydrogen-bond donors (Lipinski definition) is 3. The molecule has 4 N–H and O–H groups in total. The van der Waals surface area contributed by atoms with Crippen molar-refractivity contribution in [2.24, 2.45) is 0 Å². The Kier molecular flexibility index (Phi) is 5.37. The Morgan fingerprint density at radius 2 is 1.45 bits per heavy atom. The minimum atomic E-state index is -2.34. The highest BCUT2D eigenvalue weighted by Gasteiger charge is 2.26. The van der Waals surface area contributed by atoms with E-state index in [9.17, 15) is 31.5 Å². The number of halogens is 5. The molecule has 2 aromatic carbocycles. The molecule has 0 saturated heterocycles. The first kappa shape index (κ1) is 21.7. The fourth-order valence-electron chi connectivity index (χ4n) is 3.01. The number of nitrogens with zero attached hydrogens (tertiary/aromatic N) is 3. The van der Waals surface area contributed by atoms with Gasteiger partial charge in [-0.25, -0.2) is 36.7 Å². The van der Waals surface area contributed by atoms with Crippen molar-refractivity contribution in [1.29, 1.82) is 0 Å². The monoisotopic (exact) mass is 462 g/mol. The molecule has 0 aliphatic rings. The van der Waals surface area contributed by atoms with Crippen LogP contribution in [0.15, 0.2) is 47.7 Å². The molecule has 33 heavy (non-hydrogen) atoms. The number of nitrogens with one attached hydrogen (secondary N) is 2. The summed E-state index contributed by atoms with van der Waals surface area (Å²) in [5.41, 5.74) is 4.76. The van der Waals surface area contributed by atoms with E-state index in [1.165, 1.54) is 47.4 Å². The van der Waals surface area contributed by atoms with Gasteiger partial charge in [0.2, 0.25) is 5.82 Å². The lowest BCUT2D eigenvalue weighted by atomic mass is 10.2. The molecule has 2 heterocycles. The van der Waals surface area contributed by atoms with Gasteiger partial charge in [-0.15, -0.1) is 0 Å². The molecular weight excluding hydrogens is 451 g/mol. The van der Waals surface area contributed by atoms with Gasteiger partial charge in [0.25, 0.3) is 0 Å². The Balaban J connectivity index is 1.58. The van der Waals surface area contributed by atoms with Crippen molar-refractivity contribution in [3.63, 3.8) is 0 Å². The van der Waals surface area contributed by atoms with E-state index in [4.69, 9.17) is 5.73 Å². The van der Waals surface area contributed by atoms with E-state index in [1.54, 1.807) is 5.32 Å². The standard InChI is InChI=1S/C20H11F5N6O2/c21-12-13(22)15(24)17(16(25)14(12)23)30-20(33)29-8-1-3-9(4-2-8)31-6-5-10(32)11-18(26)27-7-28-19(11)31/h1-7H,(H2,26,27,28)(H2,29,30,33). The fourth-order valence-corrected chi connectivity index (χ4v) is 3.01. The van der Waals surface area contributed by atoms with Crippen LogP contribution in [0, 0.1) is 29.1 Å². The van der Waals surface area contributed by atoms with Gasteiger partial charge in [-0.2, -0.15) is 0 Å². The molecule has 0 fully saturated rings. The van der Waals surface area contributed by atoms with Crippen LogP contribution in [0.25, 0.3) is 16.7 Å². The molecule has 0 saturated carbocycles. The number of rotatable bonds is 3. The van der Waals surface area contributed by atoms with E-state index in [0.717, 1.165) is 0 Å². The lowest BCUT2D eigenvalue weighted by Gasteiger charge is -2.13. The normalized spacial score (nSPS) is 10.9. The molecule has 0 aliphatic carbocycles. The summed E-state index contributed by atoms with van der Waals surface area (Å²) >= 11 is 0. The van der Waals surface area contributed by atoms with Crippen molar-refractivity contribution in [3.05, 3.63) is 82.2 Å². The topological polar surface area (TPSA) is 115 Å². The number of aromatic nitrogens is 3. The minimum Gasteiger partial charge on any atom is -0.383 e. The Morgan fingerprint density at radius 1 is 0.848 bits per heavy atom. The third-order valence-electron chi connectivity index (χ3n) is 4.56. The van der Waals surface area contributed by atoms with Crippen molar-refractivity contribution in [2.45, 2.75) is 0 Å². The molecule has 0 aliphatic heterocycles. The van der Waals surface area contributed by atoms with E-state index in [2.05, 4.69) is 15.3 Å². The van der Waals surface area contributed by atoms with Crippen LogP contribution in [-0.4, -0.2) is 20.6 Å². The van der Waals surface area contributed by atoms with Crippen molar-refractivity contribution in [3.8, 4) is 5.69 Å². The summed E-state index contributed by atoms with van der Waals surface area (Å²) in [6, 6.07) is 5.82. The van der Waals surface area contributed by atoms with E-state index in [0.29, 0.717) is 5.69 Å². The summed E-state index contributed by atoms with van der Waals surface area (Å²) < 4.78 is 68.6. The second kappa shape index (κ2) is 8.18. The first-order chi connectivity index (χ1) is 15.7. The van der Waals surface area contributed by atoms with Gasteiger partial charge in [0.05, 0.1) is 0 Å². The molecule has 2 amide bonds. The van der Waals surface area contributed by atoms with Crippen LogP contribution in [-0.2, 0) is 0 Å². The Hall–Kier alpha value is -4.55. The van der Waals surface area contributed by atoms with Gasteiger partial charge in [-0.1, -0.05) is 0 Å². The molecule has 13 heteroatoms. The quantitative estimate of drug-likeness (QED) is 0.244. The van der Waals surface area contributed by atoms with Crippen molar-refractivity contribution in [1.82, 2.24) is 14.5 Å². The summed E-state index contributed by atoms with van der Waals surface area (Å²) in [5, 5.41) is 3.92. The number of nitrogens with two attached hydrogens (primary N) is 1. The number of hydrogen-bond acceptors (Lipinski definition) is 5. The van der Waals surface area contributed by atoms with Crippen molar-refractivity contribution >= 4 is 34.3 Å². The molecule has 2 aromatic heterocycles. The fraction of sp³-hybridized carbons (Fsp3) is 0. The smallest absolute Gasteiger partial charge is 0.323 e. The van der Waals surface area contributed by atoms with Crippen LogP contribution < -0.4 is 21.8 Å². The van der Waals surface area contributed by atoms with E-state index < -0.39 is 40.8 Å². The first-order valence-electron chi connectivity index (χ1n) is 9.00. The second-order valence-electron chi connectivity index (χ2n) is 6.58. The van der Waals surface area contributed by atoms with E-state index in [-0.39, 0.29) is 28.0 Å². The number of pyridine rings is 1. The SMILES string of the molecule is Nc1ncnc2c1c(=O)ccn2-c1ccc(NC(=O)Nc2c(F)c(F)c(F)c(F)c2F)cc1. The largest absolute Gasteiger partial charge is 0.383 e. The Bertz CT molecular complexity index is 1440. The van der Waals surface area contributed by atoms with Gasteiger partial charge in [0.15, 0.2) is 34.3 Å². The number of benzene rings is 2. The number of anilines is 3. The van der Waals surface area contributed by atoms with Gasteiger partial charge in [-0.05, 0) is 24.3 Å². The van der Waals surface area contributed by atoms with E-state index >= 15 is 0 Å². The molecule has 0 spiro atoms. The number of carbonyl (C=O) groups excluding carboxylic acids is 1. The predicted octanol–water partition coefficient (Wildman–Crippen LogP) is 3.70. The van der Waals surface area contributed by atoms with Crippen molar-refractivity contribution < 1.29 is 26.7 Å². The molecule has 0 unspecified atom stereocenters. The highest BCUT2D eigenvalue weighted by atomic mass is 19.2. The maximum Gasteiger partial charge on any atom is 0.323 e. The van der Waals surface area contributed by atoms with Crippen LogP contribution in [0.5, 0.6) is 0 Å². The molecule has 8 nitrogen and oxygen atoms in total. The second-order valence-corrected chi connectivity index (χ2v) is 6.58. The number of nitrogen functional groups attached to an aromatic ring is 1. The molecule has 0 atom stereocenters. The van der Waals surface area contributed by atoms with Gasteiger partial charge >= 0.3 is 6.03 Å². The van der Waals surface area contributed by atoms with Gasteiger partial charge < -0.3 is 20.9 Å². The highest BCUT2D eigenvalue weighted by molar-refractivity contribution is 6.00. The zero-order valence-corrected chi connectivity index (χ0v) is 16.2. The van der Waals surface area contributed by atoms with Crippen LogP contribution in [0.2, 0.25) is 0 Å². The maximum atomic E-state index is 13.7.